The third-order valence-corrected chi connectivity index (χ3v) is 3.79. The Hall–Kier alpha value is -2.82. The molecule has 0 saturated carbocycles. The van der Waals surface area contributed by atoms with Crippen LogP contribution < -0.4 is 14.9 Å². The highest BCUT2D eigenvalue weighted by Crippen LogP contribution is 2.32. The van der Waals surface area contributed by atoms with E-state index in [9.17, 15) is 4.79 Å². The summed E-state index contributed by atoms with van der Waals surface area (Å²) in [6.07, 6.45) is 1.62. The number of carbonyl (C=O) groups excluding carboxylic acids is 1. The molecule has 0 aromatic heterocycles. The summed E-state index contributed by atoms with van der Waals surface area (Å²) in [6.45, 7) is 6.69. The van der Waals surface area contributed by atoms with Gasteiger partial charge in [0, 0.05) is 5.56 Å². The molecule has 0 spiro atoms. The van der Waals surface area contributed by atoms with Gasteiger partial charge in [-0.25, -0.2) is 5.43 Å². The number of hydrogen-bond acceptors (Lipinski definition) is 4. The van der Waals surface area contributed by atoms with Crippen LogP contribution in [0, 0.1) is 0 Å². The number of hydrogen-bond donors (Lipinski definition) is 1. The van der Waals surface area contributed by atoms with Crippen molar-refractivity contribution < 1.29 is 14.3 Å². The van der Waals surface area contributed by atoms with Gasteiger partial charge < -0.3 is 9.47 Å². The zero-order valence-electron chi connectivity index (χ0n) is 14.0. The molecule has 2 aromatic rings. The van der Waals surface area contributed by atoms with Crippen molar-refractivity contribution in [3.63, 3.8) is 0 Å². The van der Waals surface area contributed by atoms with E-state index in [2.05, 4.69) is 43.4 Å². The second-order valence-electron chi connectivity index (χ2n) is 6.64. The van der Waals surface area contributed by atoms with Gasteiger partial charge in [0.1, 0.15) is 0 Å². The molecule has 0 bridgehead atoms. The lowest BCUT2D eigenvalue weighted by Gasteiger charge is -2.18. The van der Waals surface area contributed by atoms with E-state index in [-0.39, 0.29) is 18.1 Å². The number of nitrogens with zero attached hydrogens (tertiary/aromatic N) is 1. The van der Waals surface area contributed by atoms with Gasteiger partial charge in [-0.2, -0.15) is 5.10 Å². The van der Waals surface area contributed by atoms with Crippen LogP contribution in [0.25, 0.3) is 0 Å². The predicted octanol–water partition coefficient (Wildman–Crippen LogP) is 3.48. The first-order chi connectivity index (χ1) is 11.4. The van der Waals surface area contributed by atoms with Crippen LogP contribution in [-0.2, 0) is 5.41 Å². The first-order valence-electron chi connectivity index (χ1n) is 7.77. The van der Waals surface area contributed by atoms with Gasteiger partial charge >= 0.3 is 0 Å². The van der Waals surface area contributed by atoms with Crippen LogP contribution >= 0.6 is 0 Å². The van der Waals surface area contributed by atoms with Gasteiger partial charge in [-0.05, 0) is 34.7 Å². The highest BCUT2D eigenvalue weighted by atomic mass is 16.7. The van der Waals surface area contributed by atoms with Crippen LogP contribution in [0.2, 0.25) is 0 Å². The number of amides is 1. The van der Waals surface area contributed by atoms with Crippen molar-refractivity contribution in [2.45, 2.75) is 26.2 Å². The molecule has 0 aliphatic carbocycles. The lowest BCUT2D eigenvalue weighted by atomic mass is 9.87. The lowest BCUT2D eigenvalue weighted by Crippen LogP contribution is -2.17. The smallest absolute Gasteiger partial charge is 0.271 e. The number of ether oxygens (including phenoxy) is 2. The molecule has 5 nitrogen and oxygen atoms in total. The summed E-state index contributed by atoms with van der Waals surface area (Å²) in [6, 6.07) is 13.1. The largest absolute Gasteiger partial charge is 0.454 e. The molecule has 0 fully saturated rings. The van der Waals surface area contributed by atoms with Crippen LogP contribution in [0.4, 0.5) is 0 Å². The van der Waals surface area contributed by atoms with E-state index in [1.165, 1.54) is 5.56 Å². The fourth-order valence-electron chi connectivity index (χ4n) is 2.34. The fourth-order valence-corrected chi connectivity index (χ4v) is 2.34. The quantitative estimate of drug-likeness (QED) is 0.694. The third kappa shape index (κ3) is 3.56. The first-order valence-corrected chi connectivity index (χ1v) is 7.77. The monoisotopic (exact) mass is 324 g/mol. The van der Waals surface area contributed by atoms with Crippen LogP contribution in [-0.4, -0.2) is 18.9 Å². The summed E-state index contributed by atoms with van der Waals surface area (Å²) >= 11 is 0. The van der Waals surface area contributed by atoms with Crippen LogP contribution in [0.3, 0.4) is 0 Å². The summed E-state index contributed by atoms with van der Waals surface area (Å²) in [4.78, 5) is 12.1. The van der Waals surface area contributed by atoms with Crippen molar-refractivity contribution in [1.29, 1.82) is 0 Å². The molecule has 0 radical (unpaired) electrons. The molecule has 1 heterocycles. The fraction of sp³-hybridized carbons (Fsp3) is 0.263. The Kier molecular flexibility index (Phi) is 4.25. The predicted molar refractivity (Wildman–Crippen MR) is 92.8 cm³/mol. The molecule has 2 aromatic carbocycles. The average Bonchev–Trinajstić information content (AvgIpc) is 3.02. The summed E-state index contributed by atoms with van der Waals surface area (Å²) < 4.78 is 10.5. The summed E-state index contributed by atoms with van der Waals surface area (Å²) in [7, 11) is 0. The van der Waals surface area contributed by atoms with Crippen molar-refractivity contribution >= 4 is 12.1 Å². The number of rotatable bonds is 3. The van der Waals surface area contributed by atoms with Gasteiger partial charge in [-0.1, -0.05) is 45.0 Å². The standard InChI is InChI=1S/C19H20N2O3/c1-19(2,3)15-7-4-13(5-8-15)11-20-21-18(22)14-6-9-16-17(10-14)24-12-23-16/h4-11H,12H2,1-3H3,(H,21,22)/b20-11+. The van der Waals surface area contributed by atoms with Gasteiger partial charge in [0.05, 0.1) is 6.21 Å². The highest BCUT2D eigenvalue weighted by molar-refractivity contribution is 5.95. The SMILES string of the molecule is CC(C)(C)c1ccc(/C=N/NC(=O)c2ccc3c(c2)OCO3)cc1. The number of hydrazone groups is 1. The highest BCUT2D eigenvalue weighted by Gasteiger charge is 2.16. The van der Waals surface area contributed by atoms with Gasteiger partial charge in [-0.15, -0.1) is 0 Å². The Morgan fingerprint density at radius 1 is 1.08 bits per heavy atom. The molecule has 0 saturated heterocycles. The molecule has 5 heteroatoms. The number of benzene rings is 2. The average molecular weight is 324 g/mol. The van der Waals surface area contributed by atoms with Crippen molar-refractivity contribution in [1.82, 2.24) is 5.43 Å². The maximum absolute atomic E-state index is 12.1. The molecule has 3 rings (SSSR count). The van der Waals surface area contributed by atoms with Crippen LogP contribution in [0.1, 0.15) is 42.3 Å². The lowest BCUT2D eigenvalue weighted by molar-refractivity contribution is 0.0954. The number of nitrogens with one attached hydrogen (secondary N) is 1. The molecular weight excluding hydrogens is 304 g/mol. The summed E-state index contributed by atoms with van der Waals surface area (Å²) in [5, 5.41) is 4.01. The summed E-state index contributed by atoms with van der Waals surface area (Å²) in [5.74, 6) is 0.925. The van der Waals surface area contributed by atoms with E-state index in [0.717, 1.165) is 5.56 Å². The number of fused-ring (bicyclic) bond motifs is 1. The molecule has 1 N–H and O–H groups in total. The Labute approximate surface area is 141 Å². The Morgan fingerprint density at radius 2 is 1.79 bits per heavy atom. The van der Waals surface area contributed by atoms with E-state index >= 15 is 0 Å². The zero-order valence-corrected chi connectivity index (χ0v) is 14.0. The minimum absolute atomic E-state index is 0.114. The van der Waals surface area contributed by atoms with Crippen molar-refractivity contribution in [3.8, 4) is 11.5 Å². The van der Waals surface area contributed by atoms with Gasteiger partial charge in [0.25, 0.3) is 5.91 Å². The van der Waals surface area contributed by atoms with E-state index in [0.29, 0.717) is 17.1 Å². The topological polar surface area (TPSA) is 59.9 Å². The molecule has 124 valence electrons. The van der Waals surface area contributed by atoms with Crippen LogP contribution in [0.5, 0.6) is 11.5 Å². The second-order valence-corrected chi connectivity index (χ2v) is 6.64. The molecular formula is C19H20N2O3. The normalized spacial score (nSPS) is 13.3. The maximum Gasteiger partial charge on any atom is 0.271 e. The maximum atomic E-state index is 12.1. The minimum Gasteiger partial charge on any atom is -0.454 e. The molecule has 1 aliphatic heterocycles. The van der Waals surface area contributed by atoms with Crippen molar-refractivity contribution in [2.75, 3.05) is 6.79 Å². The van der Waals surface area contributed by atoms with Gasteiger partial charge in [0.2, 0.25) is 6.79 Å². The molecule has 0 unspecified atom stereocenters. The van der Waals surface area contributed by atoms with Crippen molar-refractivity contribution in [2.24, 2.45) is 5.10 Å². The van der Waals surface area contributed by atoms with E-state index in [1.807, 2.05) is 12.1 Å². The van der Waals surface area contributed by atoms with Gasteiger partial charge in [0.15, 0.2) is 11.5 Å². The van der Waals surface area contributed by atoms with E-state index in [1.54, 1.807) is 24.4 Å². The van der Waals surface area contributed by atoms with E-state index < -0.39 is 0 Å². The molecule has 1 amide bonds. The van der Waals surface area contributed by atoms with Gasteiger partial charge in [-0.3, -0.25) is 4.79 Å². The molecule has 0 atom stereocenters. The number of carbonyl (C=O) groups is 1. The van der Waals surface area contributed by atoms with Crippen molar-refractivity contribution in [3.05, 3.63) is 59.2 Å². The zero-order chi connectivity index (χ0) is 17.2. The first kappa shape index (κ1) is 16.1. The second kappa shape index (κ2) is 6.35. The Balaban J connectivity index is 1.62. The van der Waals surface area contributed by atoms with E-state index in [4.69, 9.17) is 9.47 Å². The van der Waals surface area contributed by atoms with Crippen LogP contribution in [0.15, 0.2) is 47.6 Å². The third-order valence-electron chi connectivity index (χ3n) is 3.79. The molecule has 1 aliphatic rings. The Bertz CT molecular complexity index is 774. The minimum atomic E-state index is -0.295. The summed E-state index contributed by atoms with van der Waals surface area (Å²) in [5.41, 5.74) is 5.28. The Morgan fingerprint density at radius 3 is 2.50 bits per heavy atom. The molecule has 24 heavy (non-hydrogen) atoms.